The minimum atomic E-state index is -0.431. The van der Waals surface area contributed by atoms with Crippen LogP contribution in [0.25, 0.3) is 33.4 Å². The first kappa shape index (κ1) is 31.3. The molecular formula is C52H39N. The number of para-hydroxylation sites is 1. The summed E-state index contributed by atoms with van der Waals surface area (Å²) in [6.45, 7) is 4.75. The van der Waals surface area contributed by atoms with E-state index in [1.54, 1.807) is 0 Å². The largest absolute Gasteiger partial charge is 0.310 e. The van der Waals surface area contributed by atoms with Crippen LogP contribution in [-0.4, -0.2) is 0 Å². The van der Waals surface area contributed by atoms with Gasteiger partial charge in [-0.3, -0.25) is 0 Å². The molecule has 2 aliphatic rings. The first-order chi connectivity index (χ1) is 26.0. The molecule has 0 saturated heterocycles. The van der Waals surface area contributed by atoms with Gasteiger partial charge in [0.15, 0.2) is 0 Å². The van der Waals surface area contributed by atoms with Crippen LogP contribution in [0.4, 0.5) is 17.1 Å². The van der Waals surface area contributed by atoms with E-state index in [9.17, 15) is 0 Å². The van der Waals surface area contributed by atoms with Gasteiger partial charge in [0.05, 0.1) is 16.8 Å². The summed E-state index contributed by atoms with van der Waals surface area (Å²) in [5.74, 6) is 0. The highest BCUT2D eigenvalue weighted by Crippen LogP contribution is 2.57. The summed E-state index contributed by atoms with van der Waals surface area (Å²) in [7, 11) is 0. The molecule has 0 unspecified atom stereocenters. The Morgan fingerprint density at radius 3 is 1.49 bits per heavy atom. The molecule has 1 nitrogen and oxygen atoms in total. The number of hydrogen-bond donors (Lipinski definition) is 0. The average Bonchev–Trinajstić information content (AvgIpc) is 3.52. The molecule has 1 aliphatic carbocycles. The van der Waals surface area contributed by atoms with Crippen molar-refractivity contribution in [2.45, 2.75) is 24.7 Å². The van der Waals surface area contributed by atoms with Gasteiger partial charge in [0.25, 0.3) is 0 Å². The average molecular weight is 678 g/mol. The van der Waals surface area contributed by atoms with Crippen molar-refractivity contribution in [1.29, 1.82) is 0 Å². The molecular weight excluding hydrogens is 639 g/mol. The molecule has 8 aromatic carbocycles. The molecule has 0 radical (unpaired) electrons. The zero-order valence-electron chi connectivity index (χ0n) is 30.0. The molecule has 0 aromatic heterocycles. The third kappa shape index (κ3) is 4.70. The van der Waals surface area contributed by atoms with Gasteiger partial charge in [0.1, 0.15) is 0 Å². The normalized spacial score (nSPS) is 14.5. The van der Waals surface area contributed by atoms with Crippen LogP contribution >= 0.6 is 0 Å². The summed E-state index contributed by atoms with van der Waals surface area (Å²) in [6, 6.07) is 73.9. The predicted molar refractivity (Wildman–Crippen MR) is 221 cm³/mol. The molecule has 1 heteroatoms. The fourth-order valence-electron chi connectivity index (χ4n) is 9.22. The Bertz CT molecular complexity index is 2580. The molecule has 252 valence electrons. The van der Waals surface area contributed by atoms with Crippen molar-refractivity contribution in [3.63, 3.8) is 0 Å². The lowest BCUT2D eigenvalue weighted by Gasteiger charge is -2.42. The van der Waals surface area contributed by atoms with Crippen molar-refractivity contribution in [3.05, 3.63) is 234 Å². The second kappa shape index (κ2) is 12.1. The van der Waals surface area contributed by atoms with Crippen molar-refractivity contribution in [1.82, 2.24) is 0 Å². The Labute approximate surface area is 312 Å². The van der Waals surface area contributed by atoms with Gasteiger partial charge in [-0.15, -0.1) is 0 Å². The summed E-state index contributed by atoms with van der Waals surface area (Å²) in [5, 5.41) is 0. The molecule has 1 aliphatic heterocycles. The second-order valence-electron chi connectivity index (χ2n) is 14.9. The van der Waals surface area contributed by atoms with E-state index in [1.165, 1.54) is 78.1 Å². The molecule has 0 N–H and O–H groups in total. The summed E-state index contributed by atoms with van der Waals surface area (Å²) in [6.07, 6.45) is 0. The number of nitrogens with zero attached hydrogens (tertiary/aromatic N) is 1. The van der Waals surface area contributed by atoms with Crippen LogP contribution in [0.1, 0.15) is 47.2 Å². The number of benzene rings is 8. The molecule has 0 saturated carbocycles. The Balaban J connectivity index is 1.15. The Morgan fingerprint density at radius 1 is 0.340 bits per heavy atom. The maximum atomic E-state index is 2.47. The zero-order chi connectivity index (χ0) is 35.6. The number of rotatable bonds is 5. The number of hydrogen-bond acceptors (Lipinski definition) is 1. The van der Waals surface area contributed by atoms with Crippen molar-refractivity contribution in [2.24, 2.45) is 0 Å². The minimum Gasteiger partial charge on any atom is -0.310 e. The highest BCUT2D eigenvalue weighted by molar-refractivity contribution is 5.91. The maximum absolute atomic E-state index is 2.47. The van der Waals surface area contributed by atoms with Gasteiger partial charge in [-0.05, 0) is 103 Å². The standard InChI is InChI=1S/C52H39N/c1-51(2)46-24-14-15-25-49(46)53(42-30-26-37(27-31-42)36-16-6-3-7-17-36)50-33-29-39(35-48(50)51)38-28-32-44-43-22-12-13-23-45(43)52(47(44)34-38,40-18-8-4-9-19-40)41-20-10-5-11-21-41/h3-35H,1-2H3. The highest BCUT2D eigenvalue weighted by atomic mass is 15.2. The predicted octanol–water partition coefficient (Wildman–Crippen LogP) is 13.5. The topological polar surface area (TPSA) is 3.24 Å². The first-order valence-corrected chi connectivity index (χ1v) is 18.6. The Hall–Kier alpha value is -6.44. The summed E-state index contributed by atoms with van der Waals surface area (Å²) in [5.41, 5.74) is 18.4. The molecule has 53 heavy (non-hydrogen) atoms. The van der Waals surface area contributed by atoms with E-state index < -0.39 is 5.41 Å². The SMILES string of the molecule is CC1(C)c2ccccc2N(c2ccc(-c3ccccc3)cc2)c2ccc(-c3ccc4c(c3)C(c3ccccc3)(c3ccccc3)c3ccccc3-4)cc21. The summed E-state index contributed by atoms with van der Waals surface area (Å²) < 4.78 is 0. The van der Waals surface area contributed by atoms with E-state index in [0.717, 1.165) is 5.69 Å². The van der Waals surface area contributed by atoms with E-state index in [0.29, 0.717) is 0 Å². The molecule has 0 fully saturated rings. The van der Waals surface area contributed by atoms with E-state index in [2.05, 4.69) is 219 Å². The van der Waals surface area contributed by atoms with E-state index in [4.69, 9.17) is 0 Å². The molecule has 8 aromatic rings. The third-order valence-corrected chi connectivity index (χ3v) is 11.8. The van der Waals surface area contributed by atoms with Crippen molar-refractivity contribution < 1.29 is 0 Å². The maximum Gasteiger partial charge on any atom is 0.0713 e. The molecule has 1 heterocycles. The quantitative estimate of drug-likeness (QED) is 0.175. The Morgan fingerprint density at radius 2 is 0.811 bits per heavy atom. The minimum absolute atomic E-state index is 0.201. The van der Waals surface area contributed by atoms with Gasteiger partial charge >= 0.3 is 0 Å². The van der Waals surface area contributed by atoms with Crippen LogP contribution in [0.3, 0.4) is 0 Å². The summed E-state index contributed by atoms with van der Waals surface area (Å²) in [4.78, 5) is 2.45. The van der Waals surface area contributed by atoms with Gasteiger partial charge in [0, 0.05) is 11.1 Å². The third-order valence-electron chi connectivity index (χ3n) is 11.8. The van der Waals surface area contributed by atoms with Crippen molar-refractivity contribution in [2.75, 3.05) is 4.90 Å². The molecule has 0 bridgehead atoms. The smallest absolute Gasteiger partial charge is 0.0713 e. The summed E-state index contributed by atoms with van der Waals surface area (Å²) >= 11 is 0. The second-order valence-corrected chi connectivity index (χ2v) is 14.9. The van der Waals surface area contributed by atoms with Crippen LogP contribution < -0.4 is 4.90 Å². The highest BCUT2D eigenvalue weighted by Gasteiger charge is 2.46. The molecule has 0 atom stereocenters. The van der Waals surface area contributed by atoms with Crippen LogP contribution in [0.2, 0.25) is 0 Å². The fourth-order valence-corrected chi connectivity index (χ4v) is 9.22. The van der Waals surface area contributed by atoms with Crippen LogP contribution in [0.15, 0.2) is 200 Å². The van der Waals surface area contributed by atoms with Gasteiger partial charge in [-0.2, -0.15) is 0 Å². The van der Waals surface area contributed by atoms with E-state index >= 15 is 0 Å². The lowest BCUT2D eigenvalue weighted by molar-refractivity contribution is 0.632. The van der Waals surface area contributed by atoms with Gasteiger partial charge in [0.2, 0.25) is 0 Å². The zero-order valence-corrected chi connectivity index (χ0v) is 30.0. The van der Waals surface area contributed by atoms with Gasteiger partial charge in [-0.1, -0.05) is 178 Å². The lowest BCUT2D eigenvalue weighted by Crippen LogP contribution is -2.30. The van der Waals surface area contributed by atoms with Crippen molar-refractivity contribution in [3.8, 4) is 33.4 Å². The number of fused-ring (bicyclic) bond motifs is 5. The molecule has 0 amide bonds. The first-order valence-electron chi connectivity index (χ1n) is 18.6. The van der Waals surface area contributed by atoms with Crippen LogP contribution in [0, 0.1) is 0 Å². The van der Waals surface area contributed by atoms with Crippen LogP contribution in [0.5, 0.6) is 0 Å². The van der Waals surface area contributed by atoms with Crippen molar-refractivity contribution >= 4 is 17.1 Å². The van der Waals surface area contributed by atoms with Gasteiger partial charge in [-0.25, -0.2) is 0 Å². The van der Waals surface area contributed by atoms with E-state index in [-0.39, 0.29) is 5.41 Å². The molecule has 0 spiro atoms. The fraction of sp³-hybridized carbons (Fsp3) is 0.0769. The Kier molecular flexibility index (Phi) is 7.13. The monoisotopic (exact) mass is 677 g/mol. The molecule has 10 rings (SSSR count). The lowest BCUT2D eigenvalue weighted by atomic mass is 9.67. The van der Waals surface area contributed by atoms with Crippen LogP contribution in [-0.2, 0) is 10.8 Å². The number of anilines is 3. The van der Waals surface area contributed by atoms with Gasteiger partial charge < -0.3 is 4.90 Å². The van der Waals surface area contributed by atoms with E-state index in [1.807, 2.05) is 0 Å².